The van der Waals surface area contributed by atoms with Gasteiger partial charge >= 0.3 is 6.09 Å². The lowest BCUT2D eigenvalue weighted by molar-refractivity contribution is 0.0932. The molecule has 1 aliphatic heterocycles. The molecule has 6 heteroatoms. The lowest BCUT2D eigenvalue weighted by atomic mass is 10.1. The average Bonchev–Trinajstić information content (AvgIpc) is 2.96. The molecule has 2 amide bonds. The molecule has 3 atom stereocenters. The Morgan fingerprint density at radius 2 is 2.29 bits per heavy atom. The maximum atomic E-state index is 11.8. The van der Waals surface area contributed by atoms with Crippen LogP contribution >= 0.6 is 0 Å². The molecule has 17 heavy (non-hydrogen) atoms. The number of aromatic amines is 1. The second-order valence-electron chi connectivity index (χ2n) is 4.01. The van der Waals surface area contributed by atoms with Crippen molar-refractivity contribution in [2.75, 3.05) is 0 Å². The third kappa shape index (κ3) is 1.67. The molecule has 1 aliphatic carbocycles. The molecule has 6 nitrogen and oxygen atoms in total. The Bertz CT molecular complexity index is 480. The predicted octanol–water partition coefficient (Wildman–Crippen LogP) is 0.160. The summed E-state index contributed by atoms with van der Waals surface area (Å²) in [4.78, 5) is 25.7. The maximum absolute atomic E-state index is 11.8. The molecule has 0 saturated carbocycles. The van der Waals surface area contributed by atoms with Gasteiger partial charge in [-0.2, -0.15) is 0 Å². The number of aromatic nitrogens is 1. The van der Waals surface area contributed by atoms with E-state index < -0.39 is 6.09 Å². The first-order valence-corrected chi connectivity index (χ1v) is 5.34. The number of carbonyl (C=O) groups excluding carboxylic acids is 2. The average molecular weight is 233 g/mol. The normalized spacial score (nSPS) is 29.6. The summed E-state index contributed by atoms with van der Waals surface area (Å²) < 4.78 is 4.99. The Kier molecular flexibility index (Phi) is 2.14. The molecule has 1 fully saturated rings. The second kappa shape index (κ2) is 3.65. The van der Waals surface area contributed by atoms with Crippen LogP contribution in [0.15, 0.2) is 30.5 Å². The zero-order valence-corrected chi connectivity index (χ0v) is 8.84. The smallest absolute Gasteiger partial charge is 0.408 e. The Balaban J connectivity index is 1.69. The van der Waals surface area contributed by atoms with Crippen LogP contribution in [-0.4, -0.2) is 35.2 Å². The summed E-state index contributed by atoms with van der Waals surface area (Å²) in [6, 6.07) is 3.00. The van der Waals surface area contributed by atoms with Gasteiger partial charge in [0.2, 0.25) is 0 Å². The summed E-state index contributed by atoms with van der Waals surface area (Å²) in [6.45, 7) is 0. The molecule has 88 valence electrons. The molecule has 3 rings (SSSR count). The summed E-state index contributed by atoms with van der Waals surface area (Å²) in [6.07, 6.45) is 4.57. The van der Waals surface area contributed by atoms with Crippen LogP contribution in [0.4, 0.5) is 4.79 Å². The van der Waals surface area contributed by atoms with Crippen molar-refractivity contribution in [2.24, 2.45) is 0 Å². The van der Waals surface area contributed by atoms with E-state index in [1.54, 1.807) is 24.4 Å². The van der Waals surface area contributed by atoms with E-state index in [9.17, 15) is 9.59 Å². The highest BCUT2D eigenvalue weighted by Crippen LogP contribution is 2.20. The van der Waals surface area contributed by atoms with Gasteiger partial charge in [0.05, 0.1) is 12.1 Å². The van der Waals surface area contributed by atoms with Gasteiger partial charge in [-0.15, -0.1) is 0 Å². The SMILES string of the molecule is O=C1N[C@H]2[C@H](NC(=O)c3ccc[nH]3)C=C[C@H]2O1. The lowest BCUT2D eigenvalue weighted by Gasteiger charge is -2.17. The fourth-order valence-corrected chi connectivity index (χ4v) is 2.09. The Hall–Kier alpha value is -2.24. The number of amides is 2. The first-order valence-electron chi connectivity index (χ1n) is 5.34. The Morgan fingerprint density at radius 1 is 1.41 bits per heavy atom. The highest BCUT2D eigenvalue weighted by molar-refractivity contribution is 5.92. The Morgan fingerprint density at radius 3 is 3.06 bits per heavy atom. The molecular weight excluding hydrogens is 222 g/mol. The summed E-state index contributed by atoms with van der Waals surface area (Å²) in [5.41, 5.74) is 0.493. The van der Waals surface area contributed by atoms with Gasteiger partial charge in [0, 0.05) is 6.20 Å². The van der Waals surface area contributed by atoms with Crippen LogP contribution in [0.1, 0.15) is 10.5 Å². The summed E-state index contributed by atoms with van der Waals surface area (Å²) >= 11 is 0. The van der Waals surface area contributed by atoms with Crippen LogP contribution in [0.25, 0.3) is 0 Å². The molecule has 0 radical (unpaired) electrons. The molecule has 0 aromatic carbocycles. The van der Waals surface area contributed by atoms with Gasteiger partial charge in [-0.05, 0) is 18.2 Å². The molecule has 2 heterocycles. The van der Waals surface area contributed by atoms with Crippen molar-refractivity contribution in [3.8, 4) is 0 Å². The van der Waals surface area contributed by atoms with E-state index in [4.69, 9.17) is 4.74 Å². The summed E-state index contributed by atoms with van der Waals surface area (Å²) in [5.74, 6) is -0.202. The topological polar surface area (TPSA) is 83.2 Å². The van der Waals surface area contributed by atoms with E-state index >= 15 is 0 Å². The fraction of sp³-hybridized carbons (Fsp3) is 0.273. The van der Waals surface area contributed by atoms with E-state index in [0.29, 0.717) is 5.69 Å². The first-order chi connectivity index (χ1) is 8.24. The number of H-pyrrole nitrogens is 1. The number of fused-ring (bicyclic) bond motifs is 1. The predicted molar refractivity (Wildman–Crippen MR) is 58.4 cm³/mol. The van der Waals surface area contributed by atoms with Gasteiger partial charge in [-0.3, -0.25) is 4.79 Å². The van der Waals surface area contributed by atoms with Gasteiger partial charge in [-0.25, -0.2) is 4.79 Å². The van der Waals surface area contributed by atoms with E-state index in [2.05, 4.69) is 15.6 Å². The monoisotopic (exact) mass is 233 g/mol. The quantitative estimate of drug-likeness (QED) is 0.636. The maximum Gasteiger partial charge on any atom is 0.408 e. The number of carbonyl (C=O) groups is 2. The van der Waals surface area contributed by atoms with Crippen LogP contribution in [0.3, 0.4) is 0 Å². The minimum Gasteiger partial charge on any atom is -0.440 e. The van der Waals surface area contributed by atoms with Crippen LogP contribution in [0, 0.1) is 0 Å². The van der Waals surface area contributed by atoms with Crippen molar-refractivity contribution < 1.29 is 14.3 Å². The summed E-state index contributed by atoms with van der Waals surface area (Å²) in [7, 11) is 0. The fourth-order valence-electron chi connectivity index (χ4n) is 2.09. The minimum absolute atomic E-state index is 0.202. The molecule has 1 saturated heterocycles. The van der Waals surface area contributed by atoms with Gasteiger partial charge in [0.1, 0.15) is 11.8 Å². The molecule has 0 spiro atoms. The number of alkyl carbamates (subject to hydrolysis) is 1. The van der Waals surface area contributed by atoms with E-state index in [-0.39, 0.29) is 24.1 Å². The van der Waals surface area contributed by atoms with Crippen molar-refractivity contribution >= 4 is 12.0 Å². The minimum atomic E-state index is -0.441. The lowest BCUT2D eigenvalue weighted by Crippen LogP contribution is -2.47. The van der Waals surface area contributed by atoms with Crippen molar-refractivity contribution in [2.45, 2.75) is 18.2 Å². The van der Waals surface area contributed by atoms with Gasteiger partial charge in [0.15, 0.2) is 0 Å². The van der Waals surface area contributed by atoms with E-state index in [0.717, 1.165) is 0 Å². The van der Waals surface area contributed by atoms with E-state index in [1.165, 1.54) is 0 Å². The van der Waals surface area contributed by atoms with Gasteiger partial charge < -0.3 is 20.4 Å². The Labute approximate surface area is 97.0 Å². The van der Waals surface area contributed by atoms with Crippen molar-refractivity contribution in [1.82, 2.24) is 15.6 Å². The van der Waals surface area contributed by atoms with Crippen LogP contribution in [0.2, 0.25) is 0 Å². The standard InChI is InChI=1S/C11H11N3O3/c15-10(7-2-1-5-12-7)13-6-3-4-8-9(6)14-11(16)17-8/h1-6,8-9,12H,(H,13,15)(H,14,16)/t6-,8-,9+/m1/s1. The number of hydrogen-bond acceptors (Lipinski definition) is 3. The molecule has 0 bridgehead atoms. The number of rotatable bonds is 2. The molecule has 1 aromatic heterocycles. The van der Waals surface area contributed by atoms with Crippen LogP contribution in [-0.2, 0) is 4.74 Å². The molecule has 0 unspecified atom stereocenters. The van der Waals surface area contributed by atoms with Crippen molar-refractivity contribution in [1.29, 1.82) is 0 Å². The highest BCUT2D eigenvalue weighted by Gasteiger charge is 2.41. The van der Waals surface area contributed by atoms with Gasteiger partial charge in [0.25, 0.3) is 5.91 Å². The first kappa shape index (κ1) is 9.95. The zero-order valence-electron chi connectivity index (χ0n) is 8.84. The number of ether oxygens (including phenoxy) is 1. The molecule has 2 aliphatic rings. The van der Waals surface area contributed by atoms with Gasteiger partial charge in [-0.1, -0.05) is 6.08 Å². The van der Waals surface area contributed by atoms with Crippen molar-refractivity contribution in [3.05, 3.63) is 36.2 Å². The van der Waals surface area contributed by atoms with Crippen molar-refractivity contribution in [3.63, 3.8) is 0 Å². The van der Waals surface area contributed by atoms with E-state index in [1.807, 2.05) is 6.08 Å². The summed E-state index contributed by atoms with van der Waals surface area (Å²) in [5, 5.41) is 5.49. The molecule has 3 N–H and O–H groups in total. The highest BCUT2D eigenvalue weighted by atomic mass is 16.6. The van der Waals surface area contributed by atoms with Crippen LogP contribution in [0.5, 0.6) is 0 Å². The third-order valence-electron chi connectivity index (χ3n) is 2.92. The molecular formula is C11H11N3O3. The number of hydrogen-bond donors (Lipinski definition) is 3. The third-order valence-corrected chi connectivity index (χ3v) is 2.92. The second-order valence-corrected chi connectivity index (χ2v) is 4.01. The van der Waals surface area contributed by atoms with Crippen LogP contribution < -0.4 is 10.6 Å². The molecule has 1 aromatic rings. The largest absolute Gasteiger partial charge is 0.440 e. The number of nitrogens with one attached hydrogen (secondary N) is 3. The zero-order chi connectivity index (χ0) is 11.8.